The summed E-state index contributed by atoms with van der Waals surface area (Å²) in [6.07, 6.45) is 2.46. The Hall–Kier alpha value is -1.34. The van der Waals surface area contributed by atoms with Crippen LogP contribution in [0.15, 0.2) is 30.3 Å². The maximum absolute atomic E-state index is 3.40. The molecule has 0 spiro atoms. The Morgan fingerprint density at radius 1 is 1.00 bits per heavy atom. The molecule has 2 aromatic rings. The van der Waals surface area contributed by atoms with E-state index in [1.165, 1.54) is 23.8 Å². The predicted molar refractivity (Wildman–Crippen MR) is 62.1 cm³/mol. The molecule has 15 heavy (non-hydrogen) atoms. The molecule has 4 rings (SSSR count). The van der Waals surface area contributed by atoms with E-state index in [2.05, 4.69) is 35.6 Å². The van der Waals surface area contributed by atoms with Gasteiger partial charge in [0.2, 0.25) is 0 Å². The van der Waals surface area contributed by atoms with Crippen LogP contribution >= 0.6 is 0 Å². The first-order valence-corrected chi connectivity index (χ1v) is 5.70. The Bertz CT molecular complexity index is 542. The lowest BCUT2D eigenvalue weighted by atomic mass is 9.98. The summed E-state index contributed by atoms with van der Waals surface area (Å²) in [5, 5.41) is 6.43. The smallest absolute Gasteiger partial charge is 0.0453 e. The van der Waals surface area contributed by atoms with Crippen molar-refractivity contribution in [1.82, 2.24) is 5.32 Å². The first-order valence-electron chi connectivity index (χ1n) is 5.70. The Kier molecular flexibility index (Phi) is 1.37. The van der Waals surface area contributed by atoms with E-state index in [0.29, 0.717) is 6.04 Å². The van der Waals surface area contributed by atoms with E-state index in [4.69, 9.17) is 0 Å². The Morgan fingerprint density at radius 3 is 2.60 bits per heavy atom. The van der Waals surface area contributed by atoms with Crippen LogP contribution in [0.5, 0.6) is 0 Å². The van der Waals surface area contributed by atoms with Gasteiger partial charge < -0.3 is 5.32 Å². The van der Waals surface area contributed by atoms with E-state index in [1.54, 1.807) is 16.5 Å². The average Bonchev–Trinajstić information content (AvgIpc) is 3.03. The molecular weight excluding hydrogens is 182 g/mol. The summed E-state index contributed by atoms with van der Waals surface area (Å²) in [5.74, 6) is 0. The molecule has 1 aliphatic carbocycles. The fourth-order valence-electron chi connectivity index (χ4n) is 2.85. The van der Waals surface area contributed by atoms with E-state index in [9.17, 15) is 0 Å². The van der Waals surface area contributed by atoms with Crippen LogP contribution in [-0.4, -0.2) is 6.54 Å². The molecule has 74 valence electrons. The number of aryl methyl sites for hydroxylation is 2. The van der Waals surface area contributed by atoms with Crippen LogP contribution in [0.4, 0.5) is 0 Å². The third-order valence-electron chi connectivity index (χ3n) is 3.69. The van der Waals surface area contributed by atoms with Crippen molar-refractivity contribution in [3.8, 4) is 0 Å². The van der Waals surface area contributed by atoms with E-state index in [0.717, 1.165) is 6.54 Å². The van der Waals surface area contributed by atoms with E-state index in [-0.39, 0.29) is 0 Å². The largest absolute Gasteiger partial charge is 0.307 e. The molecule has 0 aromatic heterocycles. The van der Waals surface area contributed by atoms with Gasteiger partial charge in [-0.05, 0) is 40.3 Å². The number of hydrogen-bond acceptors (Lipinski definition) is 1. The molecule has 0 unspecified atom stereocenters. The van der Waals surface area contributed by atoms with Gasteiger partial charge >= 0.3 is 0 Å². The zero-order valence-electron chi connectivity index (χ0n) is 8.59. The minimum atomic E-state index is 0.620. The topological polar surface area (TPSA) is 21.9 Å². The molecule has 2 aliphatic rings. The van der Waals surface area contributed by atoms with Crippen molar-refractivity contribution in [3.05, 3.63) is 47.0 Å². The van der Waals surface area contributed by atoms with Crippen LogP contribution in [0, 0.1) is 0 Å². The van der Waals surface area contributed by atoms with E-state index < -0.39 is 0 Å². The molecule has 1 nitrogen and oxygen atoms in total. The fourth-order valence-corrected chi connectivity index (χ4v) is 2.85. The summed E-state index contributed by atoms with van der Waals surface area (Å²) < 4.78 is 0. The normalized spacial score (nSPS) is 22.3. The average molecular weight is 195 g/mol. The van der Waals surface area contributed by atoms with Gasteiger partial charge in [-0.1, -0.05) is 30.3 Å². The van der Waals surface area contributed by atoms with E-state index >= 15 is 0 Å². The molecule has 1 heteroatoms. The predicted octanol–water partition coefficient (Wildman–Crippen LogP) is 2.58. The van der Waals surface area contributed by atoms with Gasteiger partial charge in [-0.2, -0.15) is 0 Å². The second-order valence-electron chi connectivity index (χ2n) is 4.61. The van der Waals surface area contributed by atoms with Crippen LogP contribution in [0.2, 0.25) is 0 Å². The van der Waals surface area contributed by atoms with Crippen LogP contribution in [0.1, 0.15) is 22.7 Å². The fraction of sp³-hybridized carbons (Fsp3) is 0.286. The Labute approximate surface area is 89.1 Å². The molecule has 0 saturated carbocycles. The molecule has 2 aromatic carbocycles. The molecule has 0 bridgehead atoms. The molecule has 1 heterocycles. The van der Waals surface area contributed by atoms with Gasteiger partial charge in [-0.3, -0.25) is 0 Å². The monoisotopic (exact) mass is 195 g/mol. The van der Waals surface area contributed by atoms with E-state index in [1.807, 2.05) is 0 Å². The lowest BCUT2D eigenvalue weighted by Gasteiger charge is -2.06. The molecule has 1 fully saturated rings. The van der Waals surface area contributed by atoms with Gasteiger partial charge in [0.15, 0.2) is 0 Å². The highest BCUT2D eigenvalue weighted by atomic mass is 15.1. The van der Waals surface area contributed by atoms with Gasteiger partial charge in [-0.25, -0.2) is 0 Å². The molecule has 1 saturated heterocycles. The highest BCUT2D eigenvalue weighted by Crippen LogP contribution is 2.36. The second kappa shape index (κ2) is 2.61. The first-order chi connectivity index (χ1) is 7.43. The van der Waals surface area contributed by atoms with Gasteiger partial charge in [0.1, 0.15) is 0 Å². The van der Waals surface area contributed by atoms with Crippen molar-refractivity contribution in [2.45, 2.75) is 18.9 Å². The molecule has 0 amide bonds. The maximum atomic E-state index is 3.40. The quantitative estimate of drug-likeness (QED) is 0.694. The summed E-state index contributed by atoms with van der Waals surface area (Å²) in [6, 6.07) is 12.0. The van der Waals surface area contributed by atoms with Crippen LogP contribution in [-0.2, 0) is 12.8 Å². The Morgan fingerprint density at radius 2 is 1.80 bits per heavy atom. The molecule has 0 radical (unpaired) electrons. The second-order valence-corrected chi connectivity index (χ2v) is 4.61. The van der Waals surface area contributed by atoms with Gasteiger partial charge in [-0.15, -0.1) is 0 Å². The minimum Gasteiger partial charge on any atom is -0.307 e. The van der Waals surface area contributed by atoms with Crippen molar-refractivity contribution in [2.24, 2.45) is 0 Å². The summed E-state index contributed by atoms with van der Waals surface area (Å²) in [7, 11) is 0. The highest BCUT2D eigenvalue weighted by molar-refractivity contribution is 5.93. The number of nitrogens with one attached hydrogen (secondary N) is 1. The number of hydrogen-bond donors (Lipinski definition) is 1. The third-order valence-corrected chi connectivity index (χ3v) is 3.69. The van der Waals surface area contributed by atoms with Crippen molar-refractivity contribution in [3.63, 3.8) is 0 Å². The zero-order chi connectivity index (χ0) is 9.83. The van der Waals surface area contributed by atoms with Gasteiger partial charge in [0.05, 0.1) is 0 Å². The number of benzene rings is 2. The van der Waals surface area contributed by atoms with Crippen molar-refractivity contribution < 1.29 is 0 Å². The Balaban J connectivity index is 2.14. The number of rotatable bonds is 1. The van der Waals surface area contributed by atoms with Crippen molar-refractivity contribution >= 4 is 10.8 Å². The zero-order valence-corrected chi connectivity index (χ0v) is 8.59. The standard InChI is InChI=1S/C14H13N/c1-2-9-4-5-10-6-7-11(13-8-15-13)12(3-1)14(9)10/h1-3,6-7,13,15H,4-5,8H2/t13-/m1/s1. The van der Waals surface area contributed by atoms with Crippen LogP contribution < -0.4 is 5.32 Å². The molecular formula is C14H13N. The van der Waals surface area contributed by atoms with Crippen LogP contribution in [0.25, 0.3) is 10.8 Å². The first kappa shape index (κ1) is 7.89. The summed E-state index contributed by atoms with van der Waals surface area (Å²) in [5.41, 5.74) is 4.59. The third kappa shape index (κ3) is 1.01. The lowest BCUT2D eigenvalue weighted by molar-refractivity contribution is 1.02. The maximum Gasteiger partial charge on any atom is 0.0453 e. The van der Waals surface area contributed by atoms with Crippen molar-refractivity contribution in [1.29, 1.82) is 0 Å². The van der Waals surface area contributed by atoms with Crippen molar-refractivity contribution in [2.75, 3.05) is 6.54 Å². The summed E-state index contributed by atoms with van der Waals surface area (Å²) >= 11 is 0. The highest BCUT2D eigenvalue weighted by Gasteiger charge is 2.26. The summed E-state index contributed by atoms with van der Waals surface area (Å²) in [6.45, 7) is 1.15. The summed E-state index contributed by atoms with van der Waals surface area (Å²) in [4.78, 5) is 0. The molecule has 1 atom stereocenters. The van der Waals surface area contributed by atoms with Gasteiger partial charge in [0.25, 0.3) is 0 Å². The molecule has 1 aliphatic heterocycles. The van der Waals surface area contributed by atoms with Crippen LogP contribution in [0.3, 0.4) is 0 Å². The SMILES string of the molecule is c1cc2c3c(ccc([C@H]4CN4)c3c1)CC2. The van der Waals surface area contributed by atoms with Gasteiger partial charge in [0, 0.05) is 12.6 Å². The minimum absolute atomic E-state index is 0.620. The molecule has 1 N–H and O–H groups in total. The lowest BCUT2D eigenvalue weighted by Crippen LogP contribution is -1.88.